The number of para-hydroxylation sites is 2. The van der Waals surface area contributed by atoms with Gasteiger partial charge in [0.2, 0.25) is 5.88 Å². The van der Waals surface area contributed by atoms with Crippen molar-refractivity contribution < 1.29 is 9.47 Å². The Balaban J connectivity index is 1.68. The molecule has 3 rings (SSSR count). The second-order valence-electron chi connectivity index (χ2n) is 7.99. The summed E-state index contributed by atoms with van der Waals surface area (Å²) in [6, 6.07) is 11.6. The van der Waals surface area contributed by atoms with Crippen LogP contribution in [0.5, 0.6) is 17.4 Å². The van der Waals surface area contributed by atoms with Crippen molar-refractivity contribution in [3.8, 4) is 17.4 Å². The fraction of sp³-hybridized carbons (Fsp3) is 0.391. The Morgan fingerprint density at radius 1 is 1.00 bits per heavy atom. The summed E-state index contributed by atoms with van der Waals surface area (Å²) in [5, 5.41) is 10.8. The first-order valence-corrected chi connectivity index (χ1v) is 10.1. The van der Waals surface area contributed by atoms with Crippen LogP contribution in [0.1, 0.15) is 50.9 Å². The van der Waals surface area contributed by atoms with Gasteiger partial charge in [-0.1, -0.05) is 45.9 Å². The monoisotopic (exact) mass is 394 g/mol. The summed E-state index contributed by atoms with van der Waals surface area (Å²) in [6.45, 7) is 10.6. The van der Waals surface area contributed by atoms with Crippen LogP contribution < -0.4 is 14.8 Å². The molecule has 0 amide bonds. The van der Waals surface area contributed by atoms with E-state index >= 15 is 0 Å². The van der Waals surface area contributed by atoms with Crippen LogP contribution in [0.3, 0.4) is 0 Å². The first-order valence-electron chi connectivity index (χ1n) is 10.1. The molecular weight excluding hydrogens is 364 g/mol. The number of hydrogen-bond acceptors (Lipinski definition) is 5. The zero-order chi connectivity index (χ0) is 20.7. The second kappa shape index (κ2) is 9.56. The van der Waals surface area contributed by atoms with Crippen molar-refractivity contribution in [3.63, 3.8) is 0 Å². The van der Waals surface area contributed by atoms with Gasteiger partial charge in [0.25, 0.3) is 0 Å². The topological polar surface area (TPSA) is 72.1 Å². The number of nitrogens with zero attached hydrogens (tertiary/aromatic N) is 2. The molecule has 1 aromatic carbocycles. The van der Waals surface area contributed by atoms with E-state index < -0.39 is 0 Å². The molecule has 0 bridgehead atoms. The molecule has 0 spiro atoms. The largest absolute Gasteiger partial charge is 0.490 e. The van der Waals surface area contributed by atoms with Gasteiger partial charge in [0.1, 0.15) is 0 Å². The van der Waals surface area contributed by atoms with Crippen molar-refractivity contribution >= 4 is 0 Å². The van der Waals surface area contributed by atoms with Gasteiger partial charge in [-0.25, -0.2) is 4.98 Å². The third-order valence-electron chi connectivity index (χ3n) is 4.47. The Labute approximate surface area is 172 Å². The molecule has 2 N–H and O–H groups in total. The molecule has 0 aliphatic carbocycles. The van der Waals surface area contributed by atoms with Gasteiger partial charge in [0.15, 0.2) is 11.5 Å². The van der Waals surface area contributed by atoms with Crippen molar-refractivity contribution in [1.82, 2.24) is 20.5 Å². The zero-order valence-corrected chi connectivity index (χ0v) is 17.7. The van der Waals surface area contributed by atoms with Gasteiger partial charge >= 0.3 is 0 Å². The van der Waals surface area contributed by atoms with Gasteiger partial charge in [-0.3, -0.25) is 5.10 Å². The van der Waals surface area contributed by atoms with Crippen LogP contribution in [0.4, 0.5) is 0 Å². The van der Waals surface area contributed by atoms with Crippen LogP contribution >= 0.6 is 0 Å². The molecule has 0 saturated carbocycles. The van der Waals surface area contributed by atoms with Gasteiger partial charge in [-0.15, -0.1) is 0 Å². The first-order chi connectivity index (χ1) is 14.0. The van der Waals surface area contributed by atoms with E-state index in [4.69, 9.17) is 9.47 Å². The Hall–Kier alpha value is -2.86. The molecule has 0 saturated heterocycles. The fourth-order valence-corrected chi connectivity index (χ4v) is 3.05. The van der Waals surface area contributed by atoms with E-state index in [1.807, 2.05) is 42.6 Å². The normalized spacial score (nSPS) is 11.4. The van der Waals surface area contributed by atoms with Crippen LogP contribution in [0.25, 0.3) is 0 Å². The van der Waals surface area contributed by atoms with E-state index in [0.717, 1.165) is 23.4 Å². The Bertz CT molecular complexity index is 915. The molecule has 0 radical (unpaired) electrons. The van der Waals surface area contributed by atoms with Gasteiger partial charge in [0, 0.05) is 41.5 Å². The SMILES string of the molecule is CCCOc1ccccc1Oc1ncccc1CNCc1cn[nH]c1C(C)(C)C. The minimum absolute atomic E-state index is 0.0261. The van der Waals surface area contributed by atoms with Crippen LogP contribution in [0.2, 0.25) is 0 Å². The highest BCUT2D eigenvalue weighted by Gasteiger charge is 2.19. The molecule has 0 aliphatic heterocycles. The number of aromatic amines is 1. The van der Waals surface area contributed by atoms with Gasteiger partial charge in [-0.2, -0.15) is 5.10 Å². The molecule has 6 nitrogen and oxygen atoms in total. The lowest BCUT2D eigenvalue weighted by atomic mass is 9.89. The second-order valence-corrected chi connectivity index (χ2v) is 7.99. The Morgan fingerprint density at radius 3 is 2.52 bits per heavy atom. The fourth-order valence-electron chi connectivity index (χ4n) is 3.05. The summed E-state index contributed by atoms with van der Waals surface area (Å²) in [5.74, 6) is 1.98. The maximum atomic E-state index is 6.11. The highest BCUT2D eigenvalue weighted by Crippen LogP contribution is 2.32. The lowest BCUT2D eigenvalue weighted by Gasteiger charge is -2.18. The summed E-state index contributed by atoms with van der Waals surface area (Å²) >= 11 is 0. The van der Waals surface area contributed by atoms with Gasteiger partial charge in [-0.05, 0) is 24.6 Å². The number of hydrogen-bond donors (Lipinski definition) is 2. The highest BCUT2D eigenvalue weighted by molar-refractivity contribution is 5.42. The van der Waals surface area contributed by atoms with E-state index in [2.05, 4.69) is 48.2 Å². The minimum Gasteiger partial charge on any atom is -0.490 e. The van der Waals surface area contributed by atoms with Crippen LogP contribution in [-0.4, -0.2) is 21.8 Å². The minimum atomic E-state index is 0.0261. The van der Waals surface area contributed by atoms with Crippen LogP contribution in [0.15, 0.2) is 48.8 Å². The standard InChI is InChI=1S/C23H30N4O2/c1-5-13-28-19-10-6-7-11-20(19)29-22-17(9-8-12-25-22)14-24-15-18-16-26-27-21(18)23(2,3)4/h6-12,16,24H,5,13-15H2,1-4H3,(H,26,27). The maximum Gasteiger partial charge on any atom is 0.223 e. The van der Waals surface area contributed by atoms with Crippen molar-refractivity contribution in [1.29, 1.82) is 0 Å². The van der Waals surface area contributed by atoms with Crippen LogP contribution in [-0.2, 0) is 18.5 Å². The smallest absolute Gasteiger partial charge is 0.223 e. The third kappa shape index (κ3) is 5.57. The van der Waals surface area contributed by atoms with Crippen molar-refractivity contribution in [2.24, 2.45) is 0 Å². The molecule has 0 unspecified atom stereocenters. The number of ether oxygens (including phenoxy) is 2. The molecule has 0 atom stereocenters. The van der Waals surface area contributed by atoms with Gasteiger partial charge < -0.3 is 14.8 Å². The molecule has 29 heavy (non-hydrogen) atoms. The number of pyridine rings is 1. The number of aromatic nitrogens is 3. The average molecular weight is 395 g/mol. The van der Waals surface area contributed by atoms with E-state index in [9.17, 15) is 0 Å². The van der Waals surface area contributed by atoms with E-state index in [1.165, 1.54) is 5.56 Å². The summed E-state index contributed by atoms with van der Waals surface area (Å²) in [6.07, 6.45) is 4.56. The summed E-state index contributed by atoms with van der Waals surface area (Å²) < 4.78 is 11.9. The summed E-state index contributed by atoms with van der Waals surface area (Å²) in [7, 11) is 0. The molecule has 2 heterocycles. The first kappa shape index (κ1) is 20.9. The number of H-pyrrole nitrogens is 1. The van der Waals surface area contributed by atoms with Gasteiger partial charge in [0.05, 0.1) is 12.8 Å². The predicted octanol–water partition coefficient (Wildman–Crippen LogP) is 4.97. The number of benzene rings is 1. The lowest BCUT2D eigenvalue weighted by molar-refractivity contribution is 0.300. The highest BCUT2D eigenvalue weighted by atomic mass is 16.5. The predicted molar refractivity (Wildman–Crippen MR) is 114 cm³/mol. The lowest BCUT2D eigenvalue weighted by Crippen LogP contribution is -2.19. The van der Waals surface area contributed by atoms with Crippen molar-refractivity contribution in [2.45, 2.75) is 52.6 Å². The third-order valence-corrected chi connectivity index (χ3v) is 4.47. The molecule has 6 heteroatoms. The maximum absolute atomic E-state index is 6.11. The zero-order valence-electron chi connectivity index (χ0n) is 17.7. The molecule has 0 fully saturated rings. The van der Waals surface area contributed by atoms with Crippen molar-refractivity contribution in [3.05, 3.63) is 65.6 Å². The molecule has 3 aromatic rings. The molecule has 154 valence electrons. The summed E-state index contributed by atoms with van der Waals surface area (Å²) in [5.41, 5.74) is 3.33. The Kier molecular flexibility index (Phi) is 6.88. The van der Waals surface area contributed by atoms with E-state index in [-0.39, 0.29) is 5.41 Å². The van der Waals surface area contributed by atoms with E-state index in [0.29, 0.717) is 31.3 Å². The number of nitrogens with one attached hydrogen (secondary N) is 2. The Morgan fingerprint density at radius 2 is 1.76 bits per heavy atom. The van der Waals surface area contributed by atoms with E-state index in [1.54, 1.807) is 6.20 Å². The average Bonchev–Trinajstić information content (AvgIpc) is 3.18. The quantitative estimate of drug-likeness (QED) is 0.536. The van der Waals surface area contributed by atoms with Crippen LogP contribution in [0, 0.1) is 0 Å². The number of rotatable bonds is 9. The molecule has 2 aromatic heterocycles. The molecule has 0 aliphatic rings. The summed E-state index contributed by atoms with van der Waals surface area (Å²) in [4.78, 5) is 4.43. The molecular formula is C23H30N4O2. The van der Waals surface area contributed by atoms with Crippen molar-refractivity contribution in [2.75, 3.05) is 6.61 Å².